The first kappa shape index (κ1) is 20.9. The van der Waals surface area contributed by atoms with Gasteiger partial charge in [0.2, 0.25) is 0 Å². The number of hydrogen-bond donors (Lipinski definition) is 1. The van der Waals surface area contributed by atoms with Gasteiger partial charge in [0.15, 0.2) is 9.84 Å². The second kappa shape index (κ2) is 8.27. The smallest absolute Gasteiger partial charge is 0.257 e. The van der Waals surface area contributed by atoms with Crippen molar-refractivity contribution < 1.29 is 13.2 Å². The summed E-state index contributed by atoms with van der Waals surface area (Å²) >= 11 is 6.38. The fourth-order valence-electron chi connectivity index (χ4n) is 3.17. The molecule has 1 heterocycles. The molecule has 0 aliphatic carbocycles. The molecule has 3 rings (SSSR count). The molecule has 0 fully saturated rings. The standard InChI is InChI=1S/C22H21ClN2O3S/c1-4-13-25-14-19(15(2)21(25)18-7-5-6-8-20(18)23)22(26)24-16-9-11-17(12-10-16)29(3,27)28/h4-12,14H,1,13H2,2-3H3,(H,24,26). The van der Waals surface area contributed by atoms with Crippen LogP contribution in [0.3, 0.4) is 0 Å². The molecule has 2 aromatic carbocycles. The van der Waals surface area contributed by atoms with Crippen LogP contribution in [-0.4, -0.2) is 25.1 Å². The van der Waals surface area contributed by atoms with Crippen molar-refractivity contribution in [2.24, 2.45) is 0 Å². The van der Waals surface area contributed by atoms with Gasteiger partial charge < -0.3 is 9.88 Å². The van der Waals surface area contributed by atoms with E-state index in [1.165, 1.54) is 12.1 Å². The predicted octanol–water partition coefficient (Wildman–Crippen LogP) is 4.96. The number of amides is 1. The predicted molar refractivity (Wildman–Crippen MR) is 117 cm³/mol. The molecular formula is C22H21ClN2O3S. The number of halogens is 1. The van der Waals surface area contributed by atoms with Crippen LogP contribution in [0.15, 0.2) is 72.3 Å². The Kier molecular flexibility index (Phi) is 5.96. The summed E-state index contributed by atoms with van der Waals surface area (Å²) in [6, 6.07) is 13.6. The van der Waals surface area contributed by atoms with Crippen molar-refractivity contribution in [2.45, 2.75) is 18.4 Å². The van der Waals surface area contributed by atoms with Crippen LogP contribution >= 0.6 is 11.6 Å². The number of aromatic nitrogens is 1. The van der Waals surface area contributed by atoms with E-state index in [4.69, 9.17) is 11.6 Å². The van der Waals surface area contributed by atoms with Gasteiger partial charge in [0.25, 0.3) is 5.91 Å². The lowest BCUT2D eigenvalue weighted by atomic mass is 10.1. The van der Waals surface area contributed by atoms with Crippen LogP contribution in [0, 0.1) is 6.92 Å². The second-order valence-electron chi connectivity index (χ2n) is 6.69. The molecule has 0 bridgehead atoms. The summed E-state index contributed by atoms with van der Waals surface area (Å²) in [5.74, 6) is -0.286. The van der Waals surface area contributed by atoms with Gasteiger partial charge in [-0.25, -0.2) is 8.42 Å². The number of hydrogen-bond acceptors (Lipinski definition) is 3. The maximum absolute atomic E-state index is 12.9. The highest BCUT2D eigenvalue weighted by Gasteiger charge is 2.20. The quantitative estimate of drug-likeness (QED) is 0.564. The third-order valence-corrected chi connectivity index (χ3v) is 6.03. The van der Waals surface area contributed by atoms with Gasteiger partial charge in [0.05, 0.1) is 16.2 Å². The Hall–Kier alpha value is -2.83. The minimum Gasteiger partial charge on any atom is -0.343 e. The molecule has 0 atom stereocenters. The fourth-order valence-corrected chi connectivity index (χ4v) is 4.02. The van der Waals surface area contributed by atoms with E-state index in [9.17, 15) is 13.2 Å². The molecule has 1 amide bonds. The molecule has 29 heavy (non-hydrogen) atoms. The van der Waals surface area contributed by atoms with Crippen LogP contribution in [-0.2, 0) is 16.4 Å². The van der Waals surface area contributed by atoms with E-state index in [2.05, 4.69) is 11.9 Å². The van der Waals surface area contributed by atoms with Crippen molar-refractivity contribution >= 4 is 33.0 Å². The van der Waals surface area contributed by atoms with E-state index in [1.807, 2.05) is 35.8 Å². The molecule has 0 aliphatic rings. The van der Waals surface area contributed by atoms with Gasteiger partial charge in [-0.15, -0.1) is 6.58 Å². The lowest BCUT2D eigenvalue weighted by Gasteiger charge is -2.10. The zero-order valence-electron chi connectivity index (χ0n) is 16.1. The molecule has 0 spiro atoms. The van der Waals surface area contributed by atoms with Crippen LogP contribution in [0.4, 0.5) is 5.69 Å². The summed E-state index contributed by atoms with van der Waals surface area (Å²) in [5, 5.41) is 3.42. The summed E-state index contributed by atoms with van der Waals surface area (Å²) in [5.41, 5.74) is 3.51. The molecule has 1 N–H and O–H groups in total. The van der Waals surface area contributed by atoms with Crippen LogP contribution in [0.1, 0.15) is 15.9 Å². The normalized spacial score (nSPS) is 11.3. The highest BCUT2D eigenvalue weighted by molar-refractivity contribution is 7.90. The minimum absolute atomic E-state index is 0.199. The van der Waals surface area contributed by atoms with E-state index in [0.29, 0.717) is 22.8 Å². The third kappa shape index (κ3) is 4.44. The molecule has 5 nitrogen and oxygen atoms in total. The van der Waals surface area contributed by atoms with Crippen molar-refractivity contribution in [1.29, 1.82) is 0 Å². The lowest BCUT2D eigenvalue weighted by Crippen LogP contribution is -2.12. The van der Waals surface area contributed by atoms with Gasteiger partial charge in [0.1, 0.15) is 0 Å². The zero-order chi connectivity index (χ0) is 21.2. The number of nitrogens with zero attached hydrogens (tertiary/aromatic N) is 1. The first-order valence-corrected chi connectivity index (χ1v) is 11.2. The van der Waals surface area contributed by atoms with Gasteiger partial charge in [-0.05, 0) is 42.8 Å². The van der Waals surface area contributed by atoms with Gasteiger partial charge in [0, 0.05) is 35.3 Å². The maximum Gasteiger partial charge on any atom is 0.257 e. The number of rotatable bonds is 6. The topological polar surface area (TPSA) is 68.2 Å². The molecule has 7 heteroatoms. The molecule has 150 valence electrons. The number of carbonyl (C=O) groups excluding carboxylic acids is 1. The third-order valence-electron chi connectivity index (χ3n) is 4.57. The number of sulfone groups is 1. The van der Waals surface area contributed by atoms with Crippen LogP contribution in [0.25, 0.3) is 11.3 Å². The van der Waals surface area contributed by atoms with E-state index in [-0.39, 0.29) is 10.8 Å². The molecule has 0 unspecified atom stereocenters. The van der Waals surface area contributed by atoms with E-state index in [1.54, 1.807) is 24.4 Å². The maximum atomic E-state index is 12.9. The molecule has 1 aromatic heterocycles. The number of benzene rings is 2. The van der Waals surface area contributed by atoms with E-state index >= 15 is 0 Å². The Bertz CT molecular complexity index is 1180. The second-order valence-corrected chi connectivity index (χ2v) is 9.11. The largest absolute Gasteiger partial charge is 0.343 e. The summed E-state index contributed by atoms with van der Waals surface area (Å²) < 4.78 is 25.1. The fraction of sp³-hybridized carbons (Fsp3) is 0.136. The van der Waals surface area contributed by atoms with Gasteiger partial charge >= 0.3 is 0 Å². The molecule has 0 saturated carbocycles. The monoisotopic (exact) mass is 428 g/mol. The number of nitrogens with one attached hydrogen (secondary N) is 1. The minimum atomic E-state index is -3.29. The number of anilines is 1. The summed E-state index contributed by atoms with van der Waals surface area (Å²) in [7, 11) is -3.29. The first-order valence-electron chi connectivity index (χ1n) is 8.89. The van der Waals surface area contributed by atoms with E-state index in [0.717, 1.165) is 23.1 Å². The Labute approximate surface area is 175 Å². The van der Waals surface area contributed by atoms with Crippen molar-refractivity contribution in [3.05, 3.63) is 83.5 Å². The molecule has 0 radical (unpaired) electrons. The summed E-state index contributed by atoms with van der Waals surface area (Å²) in [4.78, 5) is 13.1. The van der Waals surface area contributed by atoms with Crippen LogP contribution in [0.2, 0.25) is 5.02 Å². The van der Waals surface area contributed by atoms with Crippen LogP contribution in [0.5, 0.6) is 0 Å². The Morgan fingerprint density at radius 2 is 1.83 bits per heavy atom. The lowest BCUT2D eigenvalue weighted by molar-refractivity contribution is 0.102. The van der Waals surface area contributed by atoms with Crippen molar-refractivity contribution in [3.63, 3.8) is 0 Å². The van der Waals surface area contributed by atoms with Crippen molar-refractivity contribution in [2.75, 3.05) is 11.6 Å². The molecule has 0 aliphatic heterocycles. The van der Waals surface area contributed by atoms with Gasteiger partial charge in [-0.1, -0.05) is 35.9 Å². The van der Waals surface area contributed by atoms with E-state index < -0.39 is 9.84 Å². The SMILES string of the molecule is C=CCn1cc(C(=O)Nc2ccc(S(C)(=O)=O)cc2)c(C)c1-c1ccccc1Cl. The summed E-state index contributed by atoms with van der Waals surface area (Å²) in [6.07, 6.45) is 4.67. The van der Waals surface area contributed by atoms with Crippen molar-refractivity contribution in [3.8, 4) is 11.3 Å². The number of carbonyl (C=O) groups is 1. The van der Waals surface area contributed by atoms with Crippen molar-refractivity contribution in [1.82, 2.24) is 4.57 Å². The Morgan fingerprint density at radius 1 is 1.17 bits per heavy atom. The van der Waals surface area contributed by atoms with Gasteiger partial charge in [-0.2, -0.15) is 0 Å². The Morgan fingerprint density at radius 3 is 2.41 bits per heavy atom. The van der Waals surface area contributed by atoms with Crippen LogP contribution < -0.4 is 5.32 Å². The first-order chi connectivity index (χ1) is 13.7. The number of allylic oxidation sites excluding steroid dienone is 1. The molecular weight excluding hydrogens is 408 g/mol. The average Bonchev–Trinajstić information content (AvgIpc) is 2.98. The zero-order valence-corrected chi connectivity index (χ0v) is 17.7. The molecule has 0 saturated heterocycles. The Balaban J connectivity index is 1.96. The summed E-state index contributed by atoms with van der Waals surface area (Å²) in [6.45, 7) is 6.19. The highest BCUT2D eigenvalue weighted by atomic mass is 35.5. The van der Waals surface area contributed by atoms with Gasteiger partial charge in [-0.3, -0.25) is 4.79 Å². The average molecular weight is 429 g/mol. The highest BCUT2D eigenvalue weighted by Crippen LogP contribution is 2.33. The molecule has 3 aromatic rings.